The molecule has 0 aliphatic rings. The third-order valence-corrected chi connectivity index (χ3v) is 4.44. The number of nitrogens with one attached hydrogen (secondary N) is 1. The number of carbonyl (C=O) groups is 1. The van der Waals surface area contributed by atoms with Crippen molar-refractivity contribution in [2.24, 2.45) is 0 Å². The molecule has 0 spiro atoms. The average molecular weight is 405 g/mol. The Hall–Kier alpha value is -2.39. The molecule has 2 heterocycles. The van der Waals surface area contributed by atoms with Crippen LogP contribution in [0.1, 0.15) is 0 Å². The number of aromatic nitrogens is 4. The molecular weight excluding hydrogens is 392 g/mol. The smallest absolute Gasteiger partial charge is 0.234 e. The van der Waals surface area contributed by atoms with Crippen LogP contribution in [0.3, 0.4) is 0 Å². The number of hydrogen-bond donors (Lipinski definition) is 2. The number of hydrogen-bond acceptors (Lipinski definition) is 6. The van der Waals surface area contributed by atoms with Crippen molar-refractivity contribution in [2.75, 3.05) is 16.9 Å². The molecule has 2 aromatic heterocycles. The van der Waals surface area contributed by atoms with Crippen LogP contribution in [0.4, 0.5) is 5.69 Å². The third kappa shape index (κ3) is 3.92. The molecule has 9 heteroatoms. The molecule has 1 aromatic carbocycles. The van der Waals surface area contributed by atoms with Crippen molar-refractivity contribution >= 4 is 39.3 Å². The largest absolute Gasteiger partial charge is 0.335 e. The summed E-state index contributed by atoms with van der Waals surface area (Å²) in [5.41, 5.74) is 1.34. The van der Waals surface area contributed by atoms with Crippen LogP contribution in [0.15, 0.2) is 58.3 Å². The number of nitrogens with zero attached hydrogens (tertiary/aromatic N) is 4. The van der Waals surface area contributed by atoms with E-state index in [-0.39, 0.29) is 11.7 Å². The Labute approximate surface area is 150 Å². The summed E-state index contributed by atoms with van der Waals surface area (Å²) in [5.74, 6) is 6.45. The molecule has 0 unspecified atom stereocenters. The second-order valence-corrected chi connectivity index (χ2v) is 6.60. The molecule has 0 saturated carbocycles. The van der Waals surface area contributed by atoms with E-state index in [1.807, 2.05) is 36.4 Å². The second kappa shape index (κ2) is 7.45. The van der Waals surface area contributed by atoms with Crippen LogP contribution in [-0.4, -0.2) is 31.5 Å². The first-order valence-corrected chi connectivity index (χ1v) is 8.71. The first-order chi connectivity index (χ1) is 11.6. The molecule has 0 bridgehead atoms. The Balaban J connectivity index is 1.63. The van der Waals surface area contributed by atoms with Gasteiger partial charge in [0.25, 0.3) is 0 Å². The molecule has 3 rings (SSSR count). The van der Waals surface area contributed by atoms with Gasteiger partial charge in [0, 0.05) is 16.4 Å². The van der Waals surface area contributed by atoms with Crippen molar-refractivity contribution in [2.45, 2.75) is 5.16 Å². The second-order valence-electron chi connectivity index (χ2n) is 4.74. The zero-order valence-electron chi connectivity index (χ0n) is 12.4. The van der Waals surface area contributed by atoms with Crippen LogP contribution in [-0.2, 0) is 4.79 Å². The Morgan fingerprint density at radius 2 is 2.12 bits per heavy atom. The van der Waals surface area contributed by atoms with E-state index in [0.717, 1.165) is 10.2 Å². The van der Waals surface area contributed by atoms with Crippen molar-refractivity contribution < 1.29 is 4.79 Å². The highest BCUT2D eigenvalue weighted by molar-refractivity contribution is 9.10. The first kappa shape index (κ1) is 16.5. The minimum Gasteiger partial charge on any atom is -0.335 e. The molecule has 0 atom stereocenters. The van der Waals surface area contributed by atoms with Crippen molar-refractivity contribution in [3.63, 3.8) is 0 Å². The van der Waals surface area contributed by atoms with Gasteiger partial charge in [-0.25, -0.2) is 4.68 Å². The molecule has 1 amide bonds. The highest BCUT2D eigenvalue weighted by Gasteiger charge is 2.14. The SMILES string of the molecule is Nn1c(SCC(=O)Nc2cccc(Br)c2)nnc1-c1ccccn1. The number of thioether (sulfide) groups is 1. The van der Waals surface area contributed by atoms with Crippen LogP contribution < -0.4 is 11.2 Å². The molecule has 0 saturated heterocycles. The normalized spacial score (nSPS) is 10.5. The van der Waals surface area contributed by atoms with Crippen LogP contribution in [0.5, 0.6) is 0 Å². The Morgan fingerprint density at radius 1 is 1.25 bits per heavy atom. The standard InChI is InChI=1S/C15H13BrN6OS/c16-10-4-3-5-11(8-10)19-13(23)9-24-15-21-20-14(22(15)17)12-6-1-2-7-18-12/h1-8H,9,17H2,(H,19,23). The van der Waals surface area contributed by atoms with E-state index in [4.69, 9.17) is 5.84 Å². The third-order valence-electron chi connectivity index (χ3n) is 3.00. The zero-order valence-corrected chi connectivity index (χ0v) is 14.8. The highest BCUT2D eigenvalue weighted by atomic mass is 79.9. The molecule has 122 valence electrons. The van der Waals surface area contributed by atoms with Gasteiger partial charge in [-0.05, 0) is 30.3 Å². The number of rotatable bonds is 5. The van der Waals surface area contributed by atoms with E-state index >= 15 is 0 Å². The molecular formula is C15H13BrN6OS. The summed E-state index contributed by atoms with van der Waals surface area (Å²) in [5, 5.41) is 11.3. The molecule has 0 aliphatic carbocycles. The van der Waals surface area contributed by atoms with Gasteiger partial charge in [-0.2, -0.15) is 0 Å². The zero-order chi connectivity index (χ0) is 16.9. The fraction of sp³-hybridized carbons (Fsp3) is 0.0667. The lowest BCUT2D eigenvalue weighted by atomic mass is 10.3. The molecule has 7 nitrogen and oxygen atoms in total. The van der Waals surface area contributed by atoms with Gasteiger partial charge < -0.3 is 11.2 Å². The Morgan fingerprint density at radius 3 is 2.88 bits per heavy atom. The molecule has 0 fully saturated rings. The lowest BCUT2D eigenvalue weighted by Crippen LogP contribution is -2.16. The fourth-order valence-electron chi connectivity index (χ4n) is 1.94. The number of nitrogens with two attached hydrogens (primary N) is 1. The fourth-order valence-corrected chi connectivity index (χ4v) is 2.99. The van der Waals surface area contributed by atoms with Gasteiger partial charge in [0.1, 0.15) is 5.69 Å². The quantitative estimate of drug-likeness (QED) is 0.500. The summed E-state index contributed by atoms with van der Waals surface area (Å²) in [7, 11) is 0. The molecule has 0 radical (unpaired) electrons. The molecule has 0 aliphatic heterocycles. The van der Waals surface area contributed by atoms with Crippen LogP contribution in [0.25, 0.3) is 11.5 Å². The van der Waals surface area contributed by atoms with Gasteiger partial charge in [-0.3, -0.25) is 9.78 Å². The minimum atomic E-state index is -0.152. The maximum atomic E-state index is 12.0. The Kier molecular flexibility index (Phi) is 5.11. The summed E-state index contributed by atoms with van der Waals surface area (Å²) < 4.78 is 2.23. The maximum absolute atomic E-state index is 12.0. The average Bonchev–Trinajstić information content (AvgIpc) is 2.94. The summed E-state index contributed by atoms with van der Waals surface area (Å²) >= 11 is 4.57. The van der Waals surface area contributed by atoms with Gasteiger partial charge in [0.2, 0.25) is 16.9 Å². The van der Waals surface area contributed by atoms with Gasteiger partial charge in [-0.15, -0.1) is 10.2 Å². The Bertz CT molecular complexity index is 854. The number of amides is 1. The summed E-state index contributed by atoms with van der Waals surface area (Å²) in [4.78, 5) is 16.2. The van der Waals surface area contributed by atoms with Crippen molar-refractivity contribution in [3.05, 3.63) is 53.1 Å². The van der Waals surface area contributed by atoms with Crippen LogP contribution >= 0.6 is 27.7 Å². The van der Waals surface area contributed by atoms with Crippen molar-refractivity contribution in [3.8, 4) is 11.5 Å². The van der Waals surface area contributed by atoms with Gasteiger partial charge in [0.05, 0.1) is 5.75 Å². The lowest BCUT2D eigenvalue weighted by molar-refractivity contribution is -0.113. The minimum absolute atomic E-state index is 0.152. The number of benzene rings is 1. The maximum Gasteiger partial charge on any atom is 0.234 e. The van der Waals surface area contributed by atoms with Gasteiger partial charge in [0.15, 0.2) is 0 Å². The number of carbonyl (C=O) groups excluding carboxylic acids is 1. The topological polar surface area (TPSA) is 98.7 Å². The lowest BCUT2D eigenvalue weighted by Gasteiger charge is -2.05. The van der Waals surface area contributed by atoms with Crippen molar-refractivity contribution in [1.82, 2.24) is 19.9 Å². The molecule has 3 aromatic rings. The van der Waals surface area contributed by atoms with E-state index in [1.165, 1.54) is 16.4 Å². The van der Waals surface area contributed by atoms with Crippen LogP contribution in [0.2, 0.25) is 0 Å². The first-order valence-electron chi connectivity index (χ1n) is 6.93. The van der Waals surface area contributed by atoms with Crippen LogP contribution in [0, 0.1) is 0 Å². The van der Waals surface area contributed by atoms with Gasteiger partial charge in [-0.1, -0.05) is 39.8 Å². The highest BCUT2D eigenvalue weighted by Crippen LogP contribution is 2.20. The predicted molar refractivity (Wildman–Crippen MR) is 96.9 cm³/mol. The van der Waals surface area contributed by atoms with E-state index in [1.54, 1.807) is 12.3 Å². The van der Waals surface area contributed by atoms with Crippen molar-refractivity contribution in [1.29, 1.82) is 0 Å². The van der Waals surface area contributed by atoms with E-state index < -0.39 is 0 Å². The number of pyridine rings is 1. The number of anilines is 1. The van der Waals surface area contributed by atoms with Gasteiger partial charge >= 0.3 is 0 Å². The van der Waals surface area contributed by atoms with E-state index in [9.17, 15) is 4.79 Å². The predicted octanol–water partition coefficient (Wildman–Crippen LogP) is 2.55. The summed E-state index contributed by atoms with van der Waals surface area (Å²) in [6.07, 6.45) is 1.66. The monoisotopic (exact) mass is 404 g/mol. The molecule has 24 heavy (non-hydrogen) atoms. The summed E-state index contributed by atoms with van der Waals surface area (Å²) in [6.45, 7) is 0. The number of nitrogen functional groups attached to an aromatic ring is 1. The van der Waals surface area contributed by atoms with E-state index in [0.29, 0.717) is 16.7 Å². The number of halogens is 1. The summed E-state index contributed by atoms with van der Waals surface area (Å²) in [6, 6.07) is 12.8. The molecule has 3 N–H and O–H groups in total. The van der Waals surface area contributed by atoms with E-state index in [2.05, 4.69) is 36.4 Å².